The molecule has 1 aliphatic rings. The predicted octanol–water partition coefficient (Wildman–Crippen LogP) is 0.908. The van der Waals surface area contributed by atoms with Gasteiger partial charge in [0.05, 0.1) is 6.54 Å². The Kier molecular flexibility index (Phi) is 4.10. The van der Waals surface area contributed by atoms with Crippen molar-refractivity contribution in [3.63, 3.8) is 0 Å². The SMILES string of the molecule is Cc1cc(=O)n2nc(N(C)CC(=O)N3CCCCC3)sc2n1. The number of amides is 1. The van der Waals surface area contributed by atoms with Crippen molar-refractivity contribution in [1.29, 1.82) is 0 Å². The molecule has 7 nitrogen and oxygen atoms in total. The van der Waals surface area contributed by atoms with Gasteiger partial charge in [-0.25, -0.2) is 4.98 Å². The number of hydrogen-bond donors (Lipinski definition) is 0. The molecule has 22 heavy (non-hydrogen) atoms. The molecular formula is C14H19N5O2S. The van der Waals surface area contributed by atoms with Gasteiger partial charge in [-0.2, -0.15) is 4.52 Å². The maximum atomic E-state index is 12.3. The van der Waals surface area contributed by atoms with Crippen molar-refractivity contribution >= 4 is 27.3 Å². The van der Waals surface area contributed by atoms with Crippen molar-refractivity contribution in [1.82, 2.24) is 19.5 Å². The first-order valence-electron chi connectivity index (χ1n) is 7.41. The Morgan fingerprint density at radius 3 is 2.82 bits per heavy atom. The fraction of sp³-hybridized carbons (Fsp3) is 0.571. The number of hydrogen-bond acceptors (Lipinski definition) is 6. The lowest BCUT2D eigenvalue weighted by Crippen LogP contribution is -2.41. The highest BCUT2D eigenvalue weighted by Crippen LogP contribution is 2.20. The number of likely N-dealkylation sites (N-methyl/N-ethyl adjacent to an activating group) is 1. The number of aromatic nitrogens is 3. The van der Waals surface area contributed by atoms with Crippen LogP contribution in [0.1, 0.15) is 25.0 Å². The van der Waals surface area contributed by atoms with Gasteiger partial charge in [0, 0.05) is 31.9 Å². The number of piperidine rings is 1. The van der Waals surface area contributed by atoms with Crippen molar-refractivity contribution in [2.45, 2.75) is 26.2 Å². The summed E-state index contributed by atoms with van der Waals surface area (Å²) < 4.78 is 1.29. The lowest BCUT2D eigenvalue weighted by atomic mass is 10.1. The molecule has 0 aromatic carbocycles. The van der Waals surface area contributed by atoms with Crippen LogP contribution in [0.5, 0.6) is 0 Å². The second-order valence-corrected chi connectivity index (χ2v) is 6.55. The van der Waals surface area contributed by atoms with E-state index in [4.69, 9.17) is 0 Å². The average Bonchev–Trinajstić information content (AvgIpc) is 2.92. The van der Waals surface area contributed by atoms with Crippen molar-refractivity contribution in [2.24, 2.45) is 0 Å². The molecule has 0 radical (unpaired) electrons. The number of fused-ring (bicyclic) bond motifs is 1. The number of aryl methyl sites for hydroxylation is 1. The molecule has 2 aromatic heterocycles. The number of likely N-dealkylation sites (tertiary alicyclic amines) is 1. The van der Waals surface area contributed by atoms with Gasteiger partial charge < -0.3 is 9.80 Å². The lowest BCUT2D eigenvalue weighted by Gasteiger charge is -2.28. The minimum Gasteiger partial charge on any atom is -0.341 e. The second kappa shape index (κ2) is 6.04. The van der Waals surface area contributed by atoms with E-state index in [9.17, 15) is 9.59 Å². The molecule has 3 rings (SSSR count). The maximum absolute atomic E-state index is 12.3. The van der Waals surface area contributed by atoms with E-state index in [1.807, 2.05) is 11.9 Å². The molecule has 0 bridgehead atoms. The zero-order valence-electron chi connectivity index (χ0n) is 12.8. The molecule has 0 saturated carbocycles. The first-order chi connectivity index (χ1) is 10.5. The number of rotatable bonds is 3. The van der Waals surface area contributed by atoms with E-state index in [2.05, 4.69) is 10.1 Å². The largest absolute Gasteiger partial charge is 0.341 e. The normalized spacial score (nSPS) is 15.3. The van der Waals surface area contributed by atoms with Crippen LogP contribution in [0.25, 0.3) is 4.96 Å². The minimum atomic E-state index is -0.194. The van der Waals surface area contributed by atoms with E-state index in [1.165, 1.54) is 28.3 Å². The van der Waals surface area contributed by atoms with Gasteiger partial charge in [0.2, 0.25) is 16.0 Å². The quantitative estimate of drug-likeness (QED) is 0.840. The molecule has 8 heteroatoms. The topological polar surface area (TPSA) is 70.8 Å². The average molecular weight is 321 g/mol. The fourth-order valence-electron chi connectivity index (χ4n) is 2.58. The first-order valence-corrected chi connectivity index (χ1v) is 8.23. The Balaban J connectivity index is 1.77. The molecule has 118 valence electrons. The molecule has 1 amide bonds. The standard InChI is InChI=1S/C14H19N5O2S/c1-10-8-11(20)19-13(15-10)22-14(16-19)17(2)9-12(21)18-6-4-3-5-7-18/h8H,3-7,9H2,1-2H3. The third-order valence-corrected chi connectivity index (χ3v) is 4.79. The summed E-state index contributed by atoms with van der Waals surface area (Å²) in [5, 5.41) is 4.89. The van der Waals surface area contributed by atoms with Crippen molar-refractivity contribution in [2.75, 3.05) is 31.6 Å². The Labute approximate surface area is 132 Å². The highest BCUT2D eigenvalue weighted by atomic mass is 32.1. The fourth-order valence-corrected chi connectivity index (χ4v) is 3.49. The van der Waals surface area contributed by atoms with Gasteiger partial charge in [0.15, 0.2) is 0 Å². The first kappa shape index (κ1) is 15.0. The second-order valence-electron chi connectivity index (χ2n) is 5.61. The lowest BCUT2D eigenvalue weighted by molar-refractivity contribution is -0.130. The number of anilines is 1. The molecular weight excluding hydrogens is 302 g/mol. The number of carbonyl (C=O) groups is 1. The van der Waals surface area contributed by atoms with Gasteiger partial charge in [-0.15, -0.1) is 5.10 Å². The van der Waals surface area contributed by atoms with Crippen molar-refractivity contribution in [3.05, 3.63) is 22.1 Å². The van der Waals surface area contributed by atoms with E-state index < -0.39 is 0 Å². The highest BCUT2D eigenvalue weighted by molar-refractivity contribution is 7.20. The maximum Gasteiger partial charge on any atom is 0.275 e. The summed E-state index contributed by atoms with van der Waals surface area (Å²) in [5.74, 6) is 0.109. The van der Waals surface area contributed by atoms with Crippen LogP contribution >= 0.6 is 11.3 Å². The summed E-state index contributed by atoms with van der Waals surface area (Å²) in [7, 11) is 1.82. The van der Waals surface area contributed by atoms with Gasteiger partial charge in [-0.05, 0) is 26.2 Å². The van der Waals surface area contributed by atoms with E-state index in [-0.39, 0.29) is 18.0 Å². The highest BCUT2D eigenvalue weighted by Gasteiger charge is 2.20. The van der Waals surface area contributed by atoms with Crippen LogP contribution in [0.2, 0.25) is 0 Å². The molecule has 0 N–H and O–H groups in total. The van der Waals surface area contributed by atoms with Crippen LogP contribution in [0.15, 0.2) is 10.9 Å². The molecule has 1 aliphatic heterocycles. The van der Waals surface area contributed by atoms with Crippen molar-refractivity contribution < 1.29 is 4.79 Å². The minimum absolute atomic E-state index is 0.109. The Bertz CT molecular complexity index is 747. The molecule has 0 aliphatic carbocycles. The molecule has 2 aromatic rings. The monoisotopic (exact) mass is 321 g/mol. The number of carbonyl (C=O) groups excluding carboxylic acids is 1. The van der Waals surface area contributed by atoms with Gasteiger partial charge >= 0.3 is 0 Å². The van der Waals surface area contributed by atoms with E-state index in [0.717, 1.165) is 25.9 Å². The Hall–Kier alpha value is -1.96. The van der Waals surface area contributed by atoms with Crippen LogP contribution in [-0.4, -0.2) is 52.1 Å². The van der Waals surface area contributed by atoms with Crippen molar-refractivity contribution in [3.8, 4) is 0 Å². The van der Waals surface area contributed by atoms with Crippen LogP contribution in [-0.2, 0) is 4.79 Å². The summed E-state index contributed by atoms with van der Waals surface area (Å²) >= 11 is 1.32. The van der Waals surface area contributed by atoms with Crippen LogP contribution < -0.4 is 10.5 Å². The molecule has 3 heterocycles. The zero-order chi connectivity index (χ0) is 15.7. The smallest absolute Gasteiger partial charge is 0.275 e. The number of nitrogens with zero attached hydrogens (tertiary/aromatic N) is 5. The van der Waals surface area contributed by atoms with Gasteiger partial charge in [0.1, 0.15) is 0 Å². The summed E-state index contributed by atoms with van der Waals surface area (Å²) in [6.45, 7) is 3.73. The predicted molar refractivity (Wildman–Crippen MR) is 85.6 cm³/mol. The Morgan fingerprint density at radius 2 is 2.09 bits per heavy atom. The summed E-state index contributed by atoms with van der Waals surface area (Å²) in [5.41, 5.74) is 0.480. The van der Waals surface area contributed by atoms with E-state index in [0.29, 0.717) is 15.8 Å². The molecule has 1 fully saturated rings. The van der Waals surface area contributed by atoms with Gasteiger partial charge in [0.25, 0.3) is 5.56 Å². The van der Waals surface area contributed by atoms with Gasteiger partial charge in [-0.3, -0.25) is 9.59 Å². The van der Waals surface area contributed by atoms with E-state index >= 15 is 0 Å². The molecule has 0 spiro atoms. The molecule has 0 unspecified atom stereocenters. The molecule has 0 atom stereocenters. The van der Waals surface area contributed by atoms with E-state index in [1.54, 1.807) is 11.8 Å². The van der Waals surface area contributed by atoms with Gasteiger partial charge in [-0.1, -0.05) is 11.3 Å². The third kappa shape index (κ3) is 2.96. The zero-order valence-corrected chi connectivity index (χ0v) is 13.6. The summed E-state index contributed by atoms with van der Waals surface area (Å²) in [4.78, 5) is 32.7. The third-order valence-electron chi connectivity index (χ3n) is 3.77. The summed E-state index contributed by atoms with van der Waals surface area (Å²) in [6.07, 6.45) is 3.36. The summed E-state index contributed by atoms with van der Waals surface area (Å²) in [6, 6.07) is 1.45. The molecule has 1 saturated heterocycles. The van der Waals surface area contributed by atoms with Crippen LogP contribution in [0, 0.1) is 6.92 Å². The Morgan fingerprint density at radius 1 is 1.36 bits per heavy atom. The van der Waals surface area contributed by atoms with Crippen LogP contribution in [0.4, 0.5) is 5.13 Å². The van der Waals surface area contributed by atoms with Crippen LogP contribution in [0.3, 0.4) is 0 Å².